The Kier molecular flexibility index (Phi) is 4.92. The molecule has 98 valence electrons. The largest absolute Gasteiger partial charge is 0.295 e. The van der Waals surface area contributed by atoms with E-state index >= 15 is 0 Å². The molecule has 0 aromatic heterocycles. The van der Waals surface area contributed by atoms with E-state index in [2.05, 4.69) is 18.2 Å². The number of hydrogen-bond donors (Lipinski definition) is 0. The van der Waals surface area contributed by atoms with Crippen molar-refractivity contribution in [2.45, 2.75) is 44.9 Å². The van der Waals surface area contributed by atoms with Gasteiger partial charge in [-0.3, -0.25) is 4.79 Å². The molecule has 0 radical (unpaired) electrons. The highest BCUT2D eigenvalue weighted by molar-refractivity contribution is 5.96. The Balaban J connectivity index is 2.14. The number of benzene rings is 1. The van der Waals surface area contributed by atoms with Gasteiger partial charge in [0.25, 0.3) is 0 Å². The number of ketones is 1. The standard InChI is InChI=1S/C17H19NO/c18-12-5-4-10-16-15(9-6-11-17(16)19)13-14-7-2-1-3-8-14/h1-3,7-8H,4-6,9-11,13H2. The van der Waals surface area contributed by atoms with E-state index in [1.165, 1.54) is 11.1 Å². The number of carbonyl (C=O) groups excluding carboxylic acids is 1. The molecule has 19 heavy (non-hydrogen) atoms. The minimum Gasteiger partial charge on any atom is -0.295 e. The molecule has 1 aliphatic carbocycles. The molecule has 1 aliphatic rings. The first kappa shape index (κ1) is 13.5. The van der Waals surface area contributed by atoms with Gasteiger partial charge < -0.3 is 0 Å². The molecule has 0 unspecified atom stereocenters. The van der Waals surface area contributed by atoms with Gasteiger partial charge in [0, 0.05) is 12.8 Å². The van der Waals surface area contributed by atoms with E-state index in [-0.39, 0.29) is 0 Å². The molecule has 0 N–H and O–H groups in total. The third-order valence-corrected chi connectivity index (χ3v) is 3.62. The smallest absolute Gasteiger partial charge is 0.158 e. The fourth-order valence-corrected chi connectivity index (χ4v) is 2.66. The number of rotatable bonds is 5. The molecule has 2 nitrogen and oxygen atoms in total. The third kappa shape index (κ3) is 3.79. The molecule has 0 fully saturated rings. The van der Waals surface area contributed by atoms with Crippen LogP contribution in [0.4, 0.5) is 0 Å². The normalized spacial score (nSPS) is 15.4. The van der Waals surface area contributed by atoms with Crippen molar-refractivity contribution in [2.75, 3.05) is 0 Å². The lowest BCUT2D eigenvalue weighted by Crippen LogP contribution is -2.13. The molecule has 0 saturated heterocycles. The maximum atomic E-state index is 12.0. The van der Waals surface area contributed by atoms with Crippen LogP contribution in [0.3, 0.4) is 0 Å². The number of Topliss-reactive ketones (excluding diaryl/α,β-unsaturated/α-hetero) is 1. The van der Waals surface area contributed by atoms with Gasteiger partial charge in [0.15, 0.2) is 5.78 Å². The number of unbranched alkanes of at least 4 members (excludes halogenated alkanes) is 1. The molecule has 0 heterocycles. The first-order chi connectivity index (χ1) is 9.31. The summed E-state index contributed by atoms with van der Waals surface area (Å²) in [6.07, 6.45) is 5.68. The van der Waals surface area contributed by atoms with Crippen molar-refractivity contribution in [1.82, 2.24) is 0 Å². The first-order valence-electron chi connectivity index (χ1n) is 6.96. The molecule has 0 atom stereocenters. The predicted molar refractivity (Wildman–Crippen MR) is 75.5 cm³/mol. The van der Waals surface area contributed by atoms with Gasteiger partial charge in [-0.25, -0.2) is 0 Å². The number of allylic oxidation sites excluding steroid dienone is 2. The predicted octanol–water partition coefficient (Wildman–Crippen LogP) is 3.97. The summed E-state index contributed by atoms with van der Waals surface area (Å²) in [6, 6.07) is 12.5. The van der Waals surface area contributed by atoms with E-state index in [0.717, 1.165) is 37.7 Å². The van der Waals surface area contributed by atoms with Gasteiger partial charge in [0.05, 0.1) is 6.07 Å². The van der Waals surface area contributed by atoms with E-state index < -0.39 is 0 Å². The maximum Gasteiger partial charge on any atom is 0.158 e. The zero-order valence-electron chi connectivity index (χ0n) is 11.2. The van der Waals surface area contributed by atoms with Crippen LogP contribution in [0.15, 0.2) is 41.5 Å². The summed E-state index contributed by atoms with van der Waals surface area (Å²) in [5.41, 5.74) is 3.57. The summed E-state index contributed by atoms with van der Waals surface area (Å²) in [7, 11) is 0. The molecular weight excluding hydrogens is 234 g/mol. The second-order valence-corrected chi connectivity index (χ2v) is 5.03. The average molecular weight is 253 g/mol. The Morgan fingerprint density at radius 1 is 1.16 bits per heavy atom. The number of nitriles is 1. The molecule has 0 bridgehead atoms. The van der Waals surface area contributed by atoms with E-state index in [9.17, 15) is 4.79 Å². The van der Waals surface area contributed by atoms with Gasteiger partial charge in [-0.05, 0) is 43.2 Å². The van der Waals surface area contributed by atoms with Gasteiger partial charge in [0.2, 0.25) is 0 Å². The van der Waals surface area contributed by atoms with Gasteiger partial charge in [-0.2, -0.15) is 5.26 Å². The highest BCUT2D eigenvalue weighted by atomic mass is 16.1. The van der Waals surface area contributed by atoms with Crippen molar-refractivity contribution >= 4 is 5.78 Å². The first-order valence-corrected chi connectivity index (χ1v) is 6.96. The van der Waals surface area contributed by atoms with Crippen LogP contribution in [0.1, 0.15) is 44.1 Å². The lowest BCUT2D eigenvalue weighted by molar-refractivity contribution is -0.116. The third-order valence-electron chi connectivity index (χ3n) is 3.62. The monoisotopic (exact) mass is 253 g/mol. The Morgan fingerprint density at radius 2 is 1.95 bits per heavy atom. The zero-order chi connectivity index (χ0) is 13.5. The SMILES string of the molecule is N#CCCCC1=C(Cc2ccccc2)CCCC1=O. The number of nitrogens with zero attached hydrogens (tertiary/aromatic N) is 1. The molecule has 0 aliphatic heterocycles. The van der Waals surface area contributed by atoms with Crippen molar-refractivity contribution in [1.29, 1.82) is 5.26 Å². The Labute approximate surface area is 114 Å². The van der Waals surface area contributed by atoms with Crippen LogP contribution in [0.5, 0.6) is 0 Å². The summed E-state index contributed by atoms with van der Waals surface area (Å²) >= 11 is 0. The average Bonchev–Trinajstić information content (AvgIpc) is 2.43. The van der Waals surface area contributed by atoms with Crippen LogP contribution in [0, 0.1) is 11.3 Å². The van der Waals surface area contributed by atoms with E-state index in [1.807, 2.05) is 18.2 Å². The van der Waals surface area contributed by atoms with E-state index in [4.69, 9.17) is 5.26 Å². The second-order valence-electron chi connectivity index (χ2n) is 5.03. The van der Waals surface area contributed by atoms with Gasteiger partial charge in [0.1, 0.15) is 0 Å². The lowest BCUT2D eigenvalue weighted by atomic mass is 9.85. The highest BCUT2D eigenvalue weighted by Crippen LogP contribution is 2.28. The quantitative estimate of drug-likeness (QED) is 0.745. The van der Waals surface area contributed by atoms with E-state index in [1.54, 1.807) is 0 Å². The van der Waals surface area contributed by atoms with Crippen molar-refractivity contribution in [2.24, 2.45) is 0 Å². The summed E-state index contributed by atoms with van der Waals surface area (Å²) in [5, 5.41) is 8.61. The van der Waals surface area contributed by atoms with Gasteiger partial charge in [-0.15, -0.1) is 0 Å². The number of carbonyl (C=O) groups is 1. The summed E-state index contributed by atoms with van der Waals surface area (Å²) in [5.74, 6) is 0.301. The van der Waals surface area contributed by atoms with Gasteiger partial charge in [-0.1, -0.05) is 35.9 Å². The maximum absolute atomic E-state index is 12.0. The molecule has 2 heteroatoms. The molecule has 1 aromatic carbocycles. The van der Waals surface area contributed by atoms with Crippen LogP contribution in [0.2, 0.25) is 0 Å². The van der Waals surface area contributed by atoms with Crippen LogP contribution >= 0.6 is 0 Å². The zero-order valence-corrected chi connectivity index (χ0v) is 11.2. The fourth-order valence-electron chi connectivity index (χ4n) is 2.66. The Morgan fingerprint density at radius 3 is 2.68 bits per heavy atom. The Bertz CT molecular complexity index is 508. The van der Waals surface area contributed by atoms with Crippen molar-refractivity contribution in [3.8, 4) is 6.07 Å². The second kappa shape index (κ2) is 6.89. The van der Waals surface area contributed by atoms with Crippen LogP contribution in [0.25, 0.3) is 0 Å². The fraction of sp³-hybridized carbons (Fsp3) is 0.412. The lowest BCUT2D eigenvalue weighted by Gasteiger charge is -2.19. The van der Waals surface area contributed by atoms with Gasteiger partial charge >= 0.3 is 0 Å². The topological polar surface area (TPSA) is 40.9 Å². The number of hydrogen-bond acceptors (Lipinski definition) is 2. The summed E-state index contributed by atoms with van der Waals surface area (Å²) in [4.78, 5) is 12.0. The Hall–Kier alpha value is -1.88. The van der Waals surface area contributed by atoms with E-state index in [0.29, 0.717) is 18.6 Å². The highest BCUT2D eigenvalue weighted by Gasteiger charge is 2.19. The van der Waals surface area contributed by atoms with Crippen LogP contribution < -0.4 is 0 Å². The summed E-state index contributed by atoms with van der Waals surface area (Å²) < 4.78 is 0. The summed E-state index contributed by atoms with van der Waals surface area (Å²) in [6.45, 7) is 0. The molecule has 0 spiro atoms. The molecular formula is C17H19NO. The van der Waals surface area contributed by atoms with Crippen molar-refractivity contribution in [3.63, 3.8) is 0 Å². The molecule has 2 rings (SSSR count). The minimum absolute atomic E-state index is 0.301. The minimum atomic E-state index is 0.301. The molecule has 0 amide bonds. The van der Waals surface area contributed by atoms with Crippen molar-refractivity contribution in [3.05, 3.63) is 47.0 Å². The molecule has 0 saturated carbocycles. The van der Waals surface area contributed by atoms with Crippen LogP contribution in [-0.2, 0) is 11.2 Å². The van der Waals surface area contributed by atoms with Crippen molar-refractivity contribution < 1.29 is 4.79 Å². The molecule has 1 aromatic rings. The van der Waals surface area contributed by atoms with Crippen LogP contribution in [-0.4, -0.2) is 5.78 Å².